The van der Waals surface area contributed by atoms with Crippen molar-refractivity contribution in [3.63, 3.8) is 0 Å². The average Bonchev–Trinajstić information content (AvgIpc) is 3.58. The van der Waals surface area contributed by atoms with E-state index in [0.29, 0.717) is 35.3 Å². The number of ether oxygens (including phenoxy) is 2. The summed E-state index contributed by atoms with van der Waals surface area (Å²) < 4.78 is 14.8. The minimum absolute atomic E-state index is 0.0217. The number of hydrogen-bond donors (Lipinski definition) is 4. The second-order valence-corrected chi connectivity index (χ2v) is 10.2. The number of nitrogens with zero attached hydrogens (tertiary/aromatic N) is 4. The number of carbonyl (C=O) groups excluding carboxylic acids is 4. The van der Waals surface area contributed by atoms with Gasteiger partial charge in [-0.1, -0.05) is 11.2 Å². The fraction of sp³-hybridized carbons (Fsp3) is 0.194. The molecule has 2 aromatic carbocycles. The van der Waals surface area contributed by atoms with E-state index in [4.69, 9.17) is 19.7 Å². The van der Waals surface area contributed by atoms with Gasteiger partial charge in [0.25, 0.3) is 11.8 Å². The van der Waals surface area contributed by atoms with Crippen molar-refractivity contribution in [3.05, 3.63) is 94.5 Å². The van der Waals surface area contributed by atoms with Crippen LogP contribution in [-0.2, 0) is 9.47 Å². The highest BCUT2D eigenvalue weighted by molar-refractivity contribution is 6.10. The summed E-state index contributed by atoms with van der Waals surface area (Å²) >= 11 is 0. The van der Waals surface area contributed by atoms with Crippen LogP contribution in [0.15, 0.2) is 75.5 Å². The van der Waals surface area contributed by atoms with Crippen molar-refractivity contribution >= 4 is 47.6 Å². The second kappa shape index (κ2) is 13.6. The molecule has 2 heterocycles. The van der Waals surface area contributed by atoms with Crippen LogP contribution in [0, 0.1) is 13.8 Å². The monoisotopic (exact) mass is 627 g/mol. The lowest BCUT2D eigenvalue weighted by atomic mass is 10.1. The SMILES string of the molecule is Cc1ccc(C(=O)Nc2ccon2)cc1N=C(N=CN)c1[nH]cc(C(=O)N(C(=O)OCOC(=O)c2ccc(O)cc2)C2CC2)c1C. The number of amides is 3. The minimum atomic E-state index is -0.974. The predicted molar refractivity (Wildman–Crippen MR) is 164 cm³/mol. The Morgan fingerprint density at radius 3 is 2.52 bits per heavy atom. The van der Waals surface area contributed by atoms with E-state index in [1.54, 1.807) is 32.0 Å². The number of phenols is 1. The smallest absolute Gasteiger partial charge is 0.419 e. The van der Waals surface area contributed by atoms with Gasteiger partial charge in [-0.05, 0) is 74.2 Å². The third-order valence-corrected chi connectivity index (χ3v) is 6.97. The van der Waals surface area contributed by atoms with Gasteiger partial charge in [-0.15, -0.1) is 0 Å². The number of rotatable bonds is 9. The van der Waals surface area contributed by atoms with E-state index < -0.39 is 30.7 Å². The van der Waals surface area contributed by atoms with Crippen LogP contribution in [-0.4, -0.2) is 69.0 Å². The number of nitrogens with one attached hydrogen (secondary N) is 2. The molecule has 15 nitrogen and oxygen atoms in total. The Kier molecular flexibility index (Phi) is 9.21. The number of imide groups is 1. The Morgan fingerprint density at radius 1 is 1.11 bits per heavy atom. The van der Waals surface area contributed by atoms with Crippen LogP contribution in [0.2, 0.25) is 0 Å². The summed E-state index contributed by atoms with van der Waals surface area (Å²) in [5.41, 5.74) is 8.18. The second-order valence-electron chi connectivity index (χ2n) is 10.2. The number of hydrogen-bond acceptors (Lipinski definition) is 10. The van der Waals surface area contributed by atoms with Crippen LogP contribution in [0.5, 0.6) is 5.75 Å². The molecule has 3 amide bonds. The number of phenolic OH excluding ortho intramolecular Hbond substituents is 1. The van der Waals surface area contributed by atoms with Gasteiger partial charge >= 0.3 is 12.1 Å². The first-order valence-corrected chi connectivity index (χ1v) is 14.0. The zero-order valence-corrected chi connectivity index (χ0v) is 24.7. The van der Waals surface area contributed by atoms with E-state index in [-0.39, 0.29) is 34.6 Å². The molecule has 15 heteroatoms. The molecule has 0 saturated heterocycles. The number of carbonyl (C=O) groups is 4. The van der Waals surface area contributed by atoms with Crippen molar-refractivity contribution in [1.29, 1.82) is 0 Å². The molecule has 236 valence electrons. The lowest BCUT2D eigenvalue weighted by Crippen LogP contribution is -2.39. The highest BCUT2D eigenvalue weighted by atomic mass is 16.7. The van der Waals surface area contributed by atoms with Crippen LogP contribution >= 0.6 is 0 Å². The van der Waals surface area contributed by atoms with Gasteiger partial charge in [0.05, 0.1) is 28.8 Å². The van der Waals surface area contributed by atoms with E-state index >= 15 is 0 Å². The van der Waals surface area contributed by atoms with Gasteiger partial charge in [0, 0.05) is 23.9 Å². The summed E-state index contributed by atoms with van der Waals surface area (Å²) in [6, 6.07) is 11.4. The molecule has 1 aliphatic carbocycles. The van der Waals surface area contributed by atoms with Crippen molar-refractivity contribution in [2.75, 3.05) is 12.1 Å². The number of aromatic hydroxyl groups is 1. The molecule has 0 bridgehead atoms. The molecule has 0 radical (unpaired) electrons. The third kappa shape index (κ3) is 7.10. The zero-order valence-electron chi connectivity index (χ0n) is 24.7. The normalized spacial score (nSPS) is 13.0. The Balaban J connectivity index is 1.33. The van der Waals surface area contributed by atoms with Crippen molar-refractivity contribution in [3.8, 4) is 5.75 Å². The molecule has 1 fully saturated rings. The first kappa shape index (κ1) is 31.2. The van der Waals surface area contributed by atoms with Gasteiger partial charge in [0.1, 0.15) is 12.0 Å². The Hall–Kier alpha value is -6.25. The number of aromatic nitrogens is 2. The summed E-state index contributed by atoms with van der Waals surface area (Å²) in [7, 11) is 0. The summed E-state index contributed by atoms with van der Waals surface area (Å²) in [6.45, 7) is 2.74. The molecular formula is C31H29N7O8. The molecule has 0 aliphatic heterocycles. The van der Waals surface area contributed by atoms with E-state index in [1.807, 2.05) is 0 Å². The topological polar surface area (TPSA) is 215 Å². The number of H-pyrrole nitrogens is 1. The van der Waals surface area contributed by atoms with Gasteiger partial charge in [-0.3, -0.25) is 9.59 Å². The van der Waals surface area contributed by atoms with E-state index in [0.717, 1.165) is 16.8 Å². The number of anilines is 1. The van der Waals surface area contributed by atoms with E-state index in [1.165, 1.54) is 42.8 Å². The van der Waals surface area contributed by atoms with Crippen molar-refractivity contribution in [1.82, 2.24) is 15.0 Å². The highest BCUT2D eigenvalue weighted by Crippen LogP contribution is 2.31. The quantitative estimate of drug-likeness (QED) is 0.0898. The van der Waals surface area contributed by atoms with Gasteiger partial charge in [-0.25, -0.2) is 24.5 Å². The molecule has 2 aromatic heterocycles. The zero-order chi connectivity index (χ0) is 32.8. The molecule has 46 heavy (non-hydrogen) atoms. The van der Waals surface area contributed by atoms with Gasteiger partial charge in [0.2, 0.25) is 6.79 Å². The largest absolute Gasteiger partial charge is 0.508 e. The molecular weight excluding hydrogens is 598 g/mol. The number of amidine groups is 1. The Bertz CT molecular complexity index is 1820. The van der Waals surface area contributed by atoms with Crippen molar-refractivity contribution in [2.24, 2.45) is 15.7 Å². The molecule has 4 aromatic rings. The Labute approximate surface area is 261 Å². The van der Waals surface area contributed by atoms with Crippen LogP contribution in [0.3, 0.4) is 0 Å². The molecule has 0 spiro atoms. The van der Waals surface area contributed by atoms with Crippen molar-refractivity contribution < 1.29 is 38.3 Å². The van der Waals surface area contributed by atoms with Gasteiger partial charge < -0.3 is 35.1 Å². The molecule has 1 saturated carbocycles. The number of aryl methyl sites for hydroxylation is 1. The number of esters is 1. The van der Waals surface area contributed by atoms with Crippen LogP contribution < -0.4 is 11.1 Å². The van der Waals surface area contributed by atoms with E-state index in [9.17, 15) is 24.3 Å². The summed E-state index contributed by atoms with van der Waals surface area (Å²) in [5.74, 6) is -1.48. The number of aliphatic imine (C=N–C) groups is 2. The number of aromatic amines is 1. The maximum absolute atomic E-state index is 13.6. The molecule has 5 rings (SSSR count). The molecule has 0 unspecified atom stereocenters. The third-order valence-electron chi connectivity index (χ3n) is 6.97. The van der Waals surface area contributed by atoms with Crippen LogP contribution in [0.25, 0.3) is 0 Å². The maximum Gasteiger partial charge on any atom is 0.419 e. The maximum atomic E-state index is 13.6. The standard InChI is InChI=1S/C31H29N7O8/c1-17-3-4-20(28(40)36-25-11-12-46-37-25)13-24(17)35-27(34-15-32)26-18(2)23(14-33-26)29(41)38(21-7-8-21)31(43)45-16-44-30(42)19-5-9-22(39)10-6-19/h3-6,9-15,21,33,39H,7-8,16H2,1-2H3,(H2,32,34,35)(H,36,37,40). The summed E-state index contributed by atoms with van der Waals surface area (Å²) in [6.07, 6.45) is 4.02. The fourth-order valence-corrected chi connectivity index (χ4v) is 4.36. The molecule has 1 aliphatic rings. The fourth-order valence-electron chi connectivity index (χ4n) is 4.36. The lowest BCUT2D eigenvalue weighted by molar-refractivity contribution is -0.0110. The Morgan fingerprint density at radius 2 is 1.85 bits per heavy atom. The predicted octanol–water partition coefficient (Wildman–Crippen LogP) is 4.20. The summed E-state index contributed by atoms with van der Waals surface area (Å²) in [4.78, 5) is 64.3. The van der Waals surface area contributed by atoms with Crippen LogP contribution in [0.1, 0.15) is 60.7 Å². The number of benzene rings is 2. The molecule has 0 atom stereocenters. The van der Waals surface area contributed by atoms with Crippen molar-refractivity contribution in [2.45, 2.75) is 32.7 Å². The molecule has 5 N–H and O–H groups in total. The van der Waals surface area contributed by atoms with Gasteiger partial charge in [0.15, 0.2) is 11.7 Å². The minimum Gasteiger partial charge on any atom is -0.508 e. The lowest BCUT2D eigenvalue weighted by Gasteiger charge is -2.20. The first-order chi connectivity index (χ1) is 22.2. The average molecular weight is 628 g/mol. The first-order valence-electron chi connectivity index (χ1n) is 14.0. The highest BCUT2D eigenvalue weighted by Gasteiger charge is 2.40. The summed E-state index contributed by atoms with van der Waals surface area (Å²) in [5, 5.41) is 15.7. The van der Waals surface area contributed by atoms with E-state index in [2.05, 4.69) is 25.4 Å². The number of nitrogens with two attached hydrogens (primary N) is 1. The van der Waals surface area contributed by atoms with Crippen LogP contribution in [0.4, 0.5) is 16.3 Å². The van der Waals surface area contributed by atoms with Gasteiger partial charge in [-0.2, -0.15) is 0 Å².